The molecule has 0 unspecified atom stereocenters. The summed E-state index contributed by atoms with van der Waals surface area (Å²) < 4.78 is 11.4. The van der Waals surface area contributed by atoms with E-state index < -0.39 is 0 Å². The highest BCUT2D eigenvalue weighted by molar-refractivity contribution is 6.33. The lowest BCUT2D eigenvalue weighted by Gasteiger charge is -2.11. The highest BCUT2D eigenvalue weighted by Crippen LogP contribution is 2.30. The highest BCUT2D eigenvalue weighted by atomic mass is 35.5. The molecular weight excluding hydrogens is 412 g/mol. The van der Waals surface area contributed by atoms with Crippen LogP contribution in [0.1, 0.15) is 31.7 Å². The third-order valence-electron chi connectivity index (χ3n) is 5.21. The molecule has 0 aliphatic heterocycles. The summed E-state index contributed by atoms with van der Waals surface area (Å²) in [5, 5.41) is 3.40. The van der Waals surface area contributed by atoms with Crippen molar-refractivity contribution in [2.45, 2.75) is 26.2 Å². The third-order valence-corrected chi connectivity index (χ3v) is 5.54. The lowest BCUT2D eigenvalue weighted by atomic mass is 9.99. The summed E-state index contributed by atoms with van der Waals surface area (Å²) in [5.74, 6) is 1.36. The van der Waals surface area contributed by atoms with Crippen molar-refractivity contribution in [2.75, 3.05) is 11.9 Å². The summed E-state index contributed by atoms with van der Waals surface area (Å²) in [4.78, 5) is 16.8. The Hall–Kier alpha value is -3.31. The van der Waals surface area contributed by atoms with Crippen LogP contribution < -0.4 is 10.1 Å². The Morgan fingerprint density at radius 2 is 1.90 bits per heavy atom. The van der Waals surface area contributed by atoms with Gasteiger partial charge in [-0.15, -0.1) is 0 Å². The average molecular weight is 435 g/mol. The molecule has 0 radical (unpaired) electrons. The van der Waals surface area contributed by atoms with E-state index in [0.29, 0.717) is 39.4 Å². The fourth-order valence-corrected chi connectivity index (χ4v) is 3.45. The predicted molar refractivity (Wildman–Crippen MR) is 124 cm³/mol. The quantitative estimate of drug-likeness (QED) is 0.352. The molecule has 0 aliphatic rings. The van der Waals surface area contributed by atoms with Gasteiger partial charge < -0.3 is 14.5 Å². The van der Waals surface area contributed by atoms with Gasteiger partial charge in [-0.1, -0.05) is 49.7 Å². The summed E-state index contributed by atoms with van der Waals surface area (Å²) in [6.07, 6.45) is 1.08. The fourth-order valence-electron chi connectivity index (χ4n) is 3.23. The van der Waals surface area contributed by atoms with Gasteiger partial charge in [-0.3, -0.25) is 4.79 Å². The van der Waals surface area contributed by atoms with Crippen molar-refractivity contribution in [3.05, 3.63) is 77.3 Å². The number of halogens is 1. The predicted octanol–water partition coefficient (Wildman–Crippen LogP) is 6.68. The van der Waals surface area contributed by atoms with Crippen LogP contribution in [0.25, 0.3) is 22.6 Å². The molecule has 1 N–H and O–H groups in total. The smallest absolute Gasteiger partial charge is 0.262 e. The summed E-state index contributed by atoms with van der Waals surface area (Å²) >= 11 is 6.23. The number of fused-ring (bicyclic) bond motifs is 1. The van der Waals surface area contributed by atoms with Crippen LogP contribution in [-0.2, 0) is 4.79 Å². The van der Waals surface area contributed by atoms with Crippen LogP contribution in [0.2, 0.25) is 5.02 Å². The third kappa shape index (κ3) is 4.89. The Morgan fingerprint density at radius 1 is 1.13 bits per heavy atom. The second-order valence-electron chi connectivity index (χ2n) is 7.40. The maximum absolute atomic E-state index is 12.3. The molecule has 4 rings (SSSR count). The van der Waals surface area contributed by atoms with Gasteiger partial charge in [-0.05, 0) is 60.4 Å². The number of rotatable bonds is 7. The van der Waals surface area contributed by atoms with Crippen molar-refractivity contribution in [2.24, 2.45) is 0 Å². The van der Waals surface area contributed by atoms with Crippen molar-refractivity contribution >= 4 is 34.3 Å². The van der Waals surface area contributed by atoms with Crippen molar-refractivity contribution in [1.82, 2.24) is 4.98 Å². The number of amides is 1. The standard InChI is InChI=1S/C25H23ClN2O3/c1-3-16(2)17-8-11-19(12-9-17)30-15-24(29)27-18-10-13-23-22(14-18)28-25(31-23)20-6-4-5-7-21(20)26/h4-14,16H,3,15H2,1-2H3,(H,27,29)/t16-/m0/s1. The number of ether oxygens (including phenoxy) is 1. The van der Waals surface area contributed by atoms with Gasteiger partial charge in [0.2, 0.25) is 5.89 Å². The maximum atomic E-state index is 12.3. The van der Waals surface area contributed by atoms with Gasteiger partial charge in [0.25, 0.3) is 5.91 Å². The first kappa shape index (κ1) is 20.9. The Balaban J connectivity index is 1.40. The van der Waals surface area contributed by atoms with Crippen LogP contribution in [0.15, 0.2) is 71.1 Å². The zero-order chi connectivity index (χ0) is 21.8. The van der Waals surface area contributed by atoms with Crippen LogP contribution in [0.5, 0.6) is 5.75 Å². The molecule has 0 spiro atoms. The van der Waals surface area contributed by atoms with Gasteiger partial charge in [-0.25, -0.2) is 4.98 Å². The van der Waals surface area contributed by atoms with Gasteiger partial charge in [-0.2, -0.15) is 0 Å². The molecule has 0 aliphatic carbocycles. The molecule has 1 aromatic heterocycles. The number of carbonyl (C=O) groups is 1. The van der Waals surface area contributed by atoms with Gasteiger partial charge in [0, 0.05) is 5.69 Å². The van der Waals surface area contributed by atoms with Gasteiger partial charge in [0.15, 0.2) is 12.2 Å². The van der Waals surface area contributed by atoms with E-state index >= 15 is 0 Å². The number of nitrogens with zero attached hydrogens (tertiary/aromatic N) is 1. The number of hydrogen-bond acceptors (Lipinski definition) is 4. The van der Waals surface area contributed by atoms with Crippen LogP contribution in [0, 0.1) is 0 Å². The summed E-state index contributed by atoms with van der Waals surface area (Å²) in [6, 6.07) is 20.5. The zero-order valence-corrected chi connectivity index (χ0v) is 18.1. The number of hydrogen-bond donors (Lipinski definition) is 1. The molecule has 4 aromatic rings. The van der Waals surface area contributed by atoms with E-state index in [1.54, 1.807) is 24.3 Å². The number of aromatic nitrogens is 1. The normalized spacial score (nSPS) is 12.0. The van der Waals surface area contributed by atoms with E-state index in [-0.39, 0.29) is 12.5 Å². The molecule has 0 bridgehead atoms. The number of anilines is 1. The molecule has 0 saturated heterocycles. The van der Waals surface area contributed by atoms with E-state index in [1.807, 2.05) is 42.5 Å². The molecule has 31 heavy (non-hydrogen) atoms. The Kier molecular flexibility index (Phi) is 6.23. The first-order chi connectivity index (χ1) is 15.0. The molecule has 0 saturated carbocycles. The Morgan fingerprint density at radius 3 is 2.65 bits per heavy atom. The van der Waals surface area contributed by atoms with Crippen LogP contribution in [-0.4, -0.2) is 17.5 Å². The minimum atomic E-state index is -0.250. The SMILES string of the molecule is CC[C@H](C)c1ccc(OCC(=O)Nc2ccc3oc(-c4ccccc4Cl)nc3c2)cc1. The van der Waals surface area contributed by atoms with E-state index in [9.17, 15) is 4.79 Å². The van der Waals surface area contributed by atoms with Crippen LogP contribution in [0.4, 0.5) is 5.69 Å². The summed E-state index contributed by atoms with van der Waals surface area (Å²) in [7, 11) is 0. The fraction of sp³-hybridized carbons (Fsp3) is 0.200. The minimum Gasteiger partial charge on any atom is -0.484 e. The lowest BCUT2D eigenvalue weighted by molar-refractivity contribution is -0.118. The van der Waals surface area contributed by atoms with Crippen LogP contribution >= 0.6 is 11.6 Å². The topological polar surface area (TPSA) is 64.4 Å². The zero-order valence-electron chi connectivity index (χ0n) is 17.4. The van der Waals surface area contributed by atoms with E-state index in [0.717, 1.165) is 12.0 Å². The second-order valence-corrected chi connectivity index (χ2v) is 7.80. The molecule has 3 aromatic carbocycles. The summed E-state index contributed by atoms with van der Waals surface area (Å²) in [5.41, 5.74) is 3.85. The average Bonchev–Trinajstić information content (AvgIpc) is 3.21. The first-order valence-electron chi connectivity index (χ1n) is 10.2. The van der Waals surface area contributed by atoms with Crippen LogP contribution in [0.3, 0.4) is 0 Å². The van der Waals surface area contributed by atoms with Crippen molar-refractivity contribution in [3.63, 3.8) is 0 Å². The monoisotopic (exact) mass is 434 g/mol. The molecule has 5 nitrogen and oxygen atoms in total. The lowest BCUT2D eigenvalue weighted by Crippen LogP contribution is -2.20. The first-order valence-corrected chi connectivity index (χ1v) is 10.6. The number of nitrogens with one attached hydrogen (secondary N) is 1. The second kappa shape index (κ2) is 9.23. The summed E-state index contributed by atoms with van der Waals surface area (Å²) in [6.45, 7) is 4.27. The molecule has 1 amide bonds. The maximum Gasteiger partial charge on any atom is 0.262 e. The highest BCUT2D eigenvalue weighted by Gasteiger charge is 2.12. The van der Waals surface area contributed by atoms with E-state index in [4.69, 9.17) is 20.8 Å². The van der Waals surface area contributed by atoms with Gasteiger partial charge in [0.1, 0.15) is 11.3 Å². The number of benzene rings is 3. The van der Waals surface area contributed by atoms with Crippen molar-refractivity contribution in [3.8, 4) is 17.2 Å². The van der Waals surface area contributed by atoms with Gasteiger partial charge >= 0.3 is 0 Å². The largest absolute Gasteiger partial charge is 0.484 e. The molecule has 6 heteroatoms. The van der Waals surface area contributed by atoms with Crippen molar-refractivity contribution in [1.29, 1.82) is 0 Å². The van der Waals surface area contributed by atoms with E-state index in [2.05, 4.69) is 24.1 Å². The van der Waals surface area contributed by atoms with E-state index in [1.165, 1.54) is 5.56 Å². The number of oxazole rings is 1. The molecule has 0 fully saturated rings. The molecule has 158 valence electrons. The minimum absolute atomic E-state index is 0.0790. The molecule has 1 atom stereocenters. The molecule has 1 heterocycles. The number of carbonyl (C=O) groups excluding carboxylic acids is 1. The Bertz CT molecular complexity index is 1200. The van der Waals surface area contributed by atoms with Gasteiger partial charge in [0.05, 0.1) is 10.6 Å². The molecular formula is C25H23ClN2O3. The Labute approximate surface area is 186 Å². The van der Waals surface area contributed by atoms with Crippen molar-refractivity contribution < 1.29 is 13.9 Å².